The number of anilines is 2. The van der Waals surface area contributed by atoms with E-state index < -0.39 is 0 Å². The second-order valence-electron chi connectivity index (χ2n) is 3.90. The molecule has 0 saturated heterocycles. The maximum absolute atomic E-state index is 5.85. The standard InChI is InChI=1S/C14H10ClN3S/c15-11-1-3-12(4-2-11)18-14-17-9-13(19-14)10-5-7-16-8-6-10/h1-9H,(H,17,18). The first-order valence-corrected chi connectivity index (χ1v) is 6.89. The largest absolute Gasteiger partial charge is 0.332 e. The van der Waals surface area contributed by atoms with Gasteiger partial charge in [0.1, 0.15) is 0 Å². The molecule has 94 valence electrons. The minimum absolute atomic E-state index is 0.724. The van der Waals surface area contributed by atoms with Gasteiger partial charge in [0.2, 0.25) is 0 Å². The summed E-state index contributed by atoms with van der Waals surface area (Å²) in [6.45, 7) is 0. The fourth-order valence-corrected chi connectivity index (χ4v) is 2.61. The Kier molecular flexibility index (Phi) is 3.44. The Morgan fingerprint density at radius 1 is 1.00 bits per heavy atom. The lowest BCUT2D eigenvalue weighted by Gasteiger charge is -2.01. The van der Waals surface area contributed by atoms with Crippen molar-refractivity contribution in [2.75, 3.05) is 5.32 Å². The van der Waals surface area contributed by atoms with Crippen molar-refractivity contribution < 1.29 is 0 Å². The average molecular weight is 288 g/mol. The van der Waals surface area contributed by atoms with E-state index >= 15 is 0 Å². The molecule has 1 N–H and O–H groups in total. The highest BCUT2D eigenvalue weighted by molar-refractivity contribution is 7.18. The van der Waals surface area contributed by atoms with Crippen LogP contribution in [0.1, 0.15) is 0 Å². The van der Waals surface area contributed by atoms with E-state index in [4.69, 9.17) is 11.6 Å². The highest BCUT2D eigenvalue weighted by Gasteiger charge is 2.04. The Morgan fingerprint density at radius 2 is 1.74 bits per heavy atom. The lowest BCUT2D eigenvalue weighted by atomic mass is 10.2. The summed E-state index contributed by atoms with van der Waals surface area (Å²) in [4.78, 5) is 9.48. The maximum Gasteiger partial charge on any atom is 0.187 e. The van der Waals surface area contributed by atoms with Crippen molar-refractivity contribution in [2.45, 2.75) is 0 Å². The van der Waals surface area contributed by atoms with Gasteiger partial charge in [0.25, 0.3) is 0 Å². The number of rotatable bonds is 3. The number of aromatic nitrogens is 2. The lowest BCUT2D eigenvalue weighted by molar-refractivity contribution is 1.33. The highest BCUT2D eigenvalue weighted by Crippen LogP contribution is 2.30. The molecule has 0 radical (unpaired) electrons. The zero-order valence-electron chi connectivity index (χ0n) is 9.88. The van der Waals surface area contributed by atoms with Gasteiger partial charge in [-0.25, -0.2) is 4.98 Å². The fraction of sp³-hybridized carbons (Fsp3) is 0. The van der Waals surface area contributed by atoms with Crippen LogP contribution in [-0.2, 0) is 0 Å². The van der Waals surface area contributed by atoms with E-state index in [1.807, 2.05) is 42.6 Å². The summed E-state index contributed by atoms with van der Waals surface area (Å²) in [6.07, 6.45) is 5.42. The summed E-state index contributed by atoms with van der Waals surface area (Å²) < 4.78 is 0. The first kappa shape index (κ1) is 12.1. The Morgan fingerprint density at radius 3 is 2.47 bits per heavy atom. The first-order chi connectivity index (χ1) is 9.31. The van der Waals surface area contributed by atoms with Crippen molar-refractivity contribution in [2.24, 2.45) is 0 Å². The van der Waals surface area contributed by atoms with Crippen LogP contribution >= 0.6 is 22.9 Å². The molecule has 3 rings (SSSR count). The van der Waals surface area contributed by atoms with Gasteiger partial charge in [0.15, 0.2) is 5.13 Å². The Hall–Kier alpha value is -1.91. The molecule has 1 aromatic carbocycles. The van der Waals surface area contributed by atoms with Gasteiger partial charge in [-0.2, -0.15) is 0 Å². The molecular weight excluding hydrogens is 278 g/mol. The molecule has 0 aliphatic carbocycles. The molecule has 2 aromatic heterocycles. The smallest absolute Gasteiger partial charge is 0.187 e. The molecular formula is C14H10ClN3S. The quantitative estimate of drug-likeness (QED) is 0.765. The van der Waals surface area contributed by atoms with E-state index in [-0.39, 0.29) is 0 Å². The van der Waals surface area contributed by atoms with Gasteiger partial charge >= 0.3 is 0 Å². The van der Waals surface area contributed by atoms with Crippen molar-refractivity contribution in [3.63, 3.8) is 0 Å². The lowest BCUT2D eigenvalue weighted by Crippen LogP contribution is -1.87. The number of nitrogens with zero attached hydrogens (tertiary/aromatic N) is 2. The summed E-state index contributed by atoms with van der Waals surface area (Å²) in [7, 11) is 0. The minimum atomic E-state index is 0.724. The number of hydrogen-bond donors (Lipinski definition) is 1. The summed E-state index contributed by atoms with van der Waals surface area (Å²) in [5, 5.41) is 4.83. The normalized spacial score (nSPS) is 10.4. The summed E-state index contributed by atoms with van der Waals surface area (Å²) in [6, 6.07) is 11.5. The van der Waals surface area contributed by atoms with Gasteiger partial charge in [0.05, 0.1) is 4.88 Å². The number of nitrogens with one attached hydrogen (secondary N) is 1. The molecule has 0 atom stereocenters. The maximum atomic E-state index is 5.85. The molecule has 5 heteroatoms. The van der Waals surface area contributed by atoms with Crippen LogP contribution in [0.5, 0.6) is 0 Å². The highest BCUT2D eigenvalue weighted by atomic mass is 35.5. The zero-order valence-corrected chi connectivity index (χ0v) is 11.4. The van der Waals surface area contributed by atoms with Crippen LogP contribution in [0.25, 0.3) is 10.4 Å². The second kappa shape index (κ2) is 5.38. The molecule has 2 heterocycles. The van der Waals surface area contributed by atoms with Gasteiger partial charge in [-0.15, -0.1) is 0 Å². The number of hydrogen-bond acceptors (Lipinski definition) is 4. The van der Waals surface area contributed by atoms with Gasteiger partial charge < -0.3 is 5.32 Å². The Bertz CT molecular complexity index is 665. The Balaban J connectivity index is 1.80. The summed E-state index contributed by atoms with van der Waals surface area (Å²) >= 11 is 7.45. The number of benzene rings is 1. The van der Waals surface area contributed by atoms with E-state index in [0.29, 0.717) is 0 Å². The van der Waals surface area contributed by atoms with Crippen LogP contribution in [0.4, 0.5) is 10.8 Å². The average Bonchev–Trinajstić information content (AvgIpc) is 2.91. The first-order valence-electron chi connectivity index (χ1n) is 5.70. The Labute approximate surface area is 119 Å². The van der Waals surface area contributed by atoms with E-state index in [1.54, 1.807) is 23.7 Å². The molecule has 0 fully saturated rings. The van der Waals surface area contributed by atoms with Crippen LogP contribution in [0.3, 0.4) is 0 Å². The molecule has 0 unspecified atom stereocenters. The van der Waals surface area contributed by atoms with Gasteiger partial charge in [-0.1, -0.05) is 22.9 Å². The van der Waals surface area contributed by atoms with E-state index in [1.165, 1.54) is 0 Å². The van der Waals surface area contributed by atoms with Gasteiger partial charge in [0, 0.05) is 29.3 Å². The van der Waals surface area contributed by atoms with Crippen LogP contribution in [0, 0.1) is 0 Å². The molecule has 3 aromatic rings. The van der Waals surface area contributed by atoms with Crippen molar-refractivity contribution in [3.8, 4) is 10.4 Å². The molecule has 0 bridgehead atoms. The zero-order chi connectivity index (χ0) is 13.1. The van der Waals surface area contributed by atoms with Crippen LogP contribution in [0.15, 0.2) is 55.0 Å². The van der Waals surface area contributed by atoms with E-state index in [0.717, 1.165) is 26.3 Å². The van der Waals surface area contributed by atoms with E-state index in [2.05, 4.69) is 15.3 Å². The molecule has 0 spiro atoms. The molecule has 3 nitrogen and oxygen atoms in total. The van der Waals surface area contributed by atoms with Gasteiger partial charge in [-0.05, 0) is 42.0 Å². The number of thiazole rings is 1. The predicted molar refractivity (Wildman–Crippen MR) is 80.1 cm³/mol. The summed E-state index contributed by atoms with van der Waals surface area (Å²) in [5.41, 5.74) is 2.09. The topological polar surface area (TPSA) is 37.8 Å². The van der Waals surface area contributed by atoms with Gasteiger partial charge in [-0.3, -0.25) is 4.98 Å². The fourth-order valence-electron chi connectivity index (χ4n) is 1.64. The van der Waals surface area contributed by atoms with Crippen LogP contribution < -0.4 is 5.32 Å². The van der Waals surface area contributed by atoms with Crippen molar-refractivity contribution >= 4 is 33.8 Å². The molecule has 0 aliphatic heterocycles. The number of halogens is 1. The number of pyridine rings is 1. The molecule has 0 aliphatic rings. The molecule has 0 amide bonds. The van der Waals surface area contributed by atoms with Crippen molar-refractivity contribution in [1.29, 1.82) is 0 Å². The van der Waals surface area contributed by atoms with Crippen molar-refractivity contribution in [1.82, 2.24) is 9.97 Å². The van der Waals surface area contributed by atoms with E-state index in [9.17, 15) is 0 Å². The molecule has 0 saturated carbocycles. The third kappa shape index (κ3) is 2.92. The van der Waals surface area contributed by atoms with Crippen molar-refractivity contribution in [3.05, 3.63) is 60.0 Å². The van der Waals surface area contributed by atoms with Crippen LogP contribution in [-0.4, -0.2) is 9.97 Å². The SMILES string of the molecule is Clc1ccc(Nc2ncc(-c3ccncc3)s2)cc1. The predicted octanol–water partition coefficient (Wildman–Crippen LogP) is 4.60. The third-order valence-corrected chi connectivity index (χ3v) is 3.78. The molecule has 19 heavy (non-hydrogen) atoms. The monoisotopic (exact) mass is 287 g/mol. The van der Waals surface area contributed by atoms with Crippen LogP contribution in [0.2, 0.25) is 5.02 Å². The minimum Gasteiger partial charge on any atom is -0.332 e. The summed E-state index contributed by atoms with van der Waals surface area (Å²) in [5.74, 6) is 0. The third-order valence-electron chi connectivity index (χ3n) is 2.57. The second-order valence-corrected chi connectivity index (χ2v) is 5.36.